The normalized spacial score (nSPS) is 15.5. The monoisotopic (exact) mass is 316 g/mol. The molecule has 1 fully saturated rings. The number of carbonyl (C=O) groups is 1. The van der Waals surface area contributed by atoms with Gasteiger partial charge in [-0.1, -0.05) is 24.4 Å². The lowest BCUT2D eigenvalue weighted by Crippen LogP contribution is -2.09. The Bertz CT molecular complexity index is 672. The highest BCUT2D eigenvalue weighted by Crippen LogP contribution is 2.35. The van der Waals surface area contributed by atoms with Gasteiger partial charge in [0.15, 0.2) is 0 Å². The summed E-state index contributed by atoms with van der Waals surface area (Å²) in [7, 11) is 0. The Morgan fingerprint density at radius 2 is 2.13 bits per heavy atom. The first-order chi connectivity index (χ1) is 11.1. The second-order valence-corrected chi connectivity index (χ2v) is 5.92. The molecule has 0 spiro atoms. The van der Waals surface area contributed by atoms with Crippen LogP contribution in [-0.4, -0.2) is 21.2 Å². The summed E-state index contributed by atoms with van der Waals surface area (Å²) in [6.07, 6.45) is 7.33. The van der Waals surface area contributed by atoms with Gasteiger partial charge in [0, 0.05) is 18.2 Å². The minimum absolute atomic E-state index is 0.140. The summed E-state index contributed by atoms with van der Waals surface area (Å²) < 4.78 is 11.1. The van der Waals surface area contributed by atoms with E-state index < -0.39 is 5.97 Å². The van der Waals surface area contributed by atoms with E-state index in [1.54, 1.807) is 6.07 Å². The number of aryl methyl sites for hydroxylation is 1. The molecule has 2 heterocycles. The van der Waals surface area contributed by atoms with Crippen molar-refractivity contribution < 1.29 is 19.2 Å². The van der Waals surface area contributed by atoms with Crippen LogP contribution in [0.4, 0.5) is 0 Å². The summed E-state index contributed by atoms with van der Waals surface area (Å²) in [5.74, 6) is 0.610. The molecule has 0 amide bonds. The van der Waals surface area contributed by atoms with E-state index in [9.17, 15) is 4.79 Å². The fourth-order valence-electron chi connectivity index (χ4n) is 3.02. The number of rotatable bonds is 5. The molecular formula is C17H20N2O4. The molecule has 1 aliphatic rings. The molecule has 0 atom stereocenters. The van der Waals surface area contributed by atoms with Crippen LogP contribution in [0.5, 0.6) is 5.88 Å². The third-order valence-electron chi connectivity index (χ3n) is 4.35. The highest BCUT2D eigenvalue weighted by atomic mass is 16.5. The van der Waals surface area contributed by atoms with Crippen LogP contribution >= 0.6 is 0 Å². The SMILES string of the molecule is Cc1onc(C2CCCCC2)c1COc1ccc(C(=O)O)cn1. The Morgan fingerprint density at radius 3 is 2.78 bits per heavy atom. The highest BCUT2D eigenvalue weighted by molar-refractivity contribution is 5.87. The Balaban J connectivity index is 1.70. The minimum atomic E-state index is -1.00. The number of carboxylic acid groups (broad SMARTS) is 1. The van der Waals surface area contributed by atoms with Crippen LogP contribution in [0.3, 0.4) is 0 Å². The molecule has 0 aromatic carbocycles. The van der Waals surface area contributed by atoms with Crippen LogP contribution in [0.15, 0.2) is 22.9 Å². The molecule has 0 bridgehead atoms. The summed E-state index contributed by atoms with van der Waals surface area (Å²) in [5, 5.41) is 13.1. The Morgan fingerprint density at radius 1 is 1.35 bits per heavy atom. The van der Waals surface area contributed by atoms with Crippen molar-refractivity contribution in [1.82, 2.24) is 10.1 Å². The van der Waals surface area contributed by atoms with Crippen molar-refractivity contribution in [3.8, 4) is 5.88 Å². The van der Waals surface area contributed by atoms with E-state index in [-0.39, 0.29) is 5.56 Å². The maximum absolute atomic E-state index is 10.8. The largest absolute Gasteiger partial charge is 0.478 e. The second kappa shape index (κ2) is 6.81. The summed E-state index contributed by atoms with van der Waals surface area (Å²) in [6.45, 7) is 2.22. The van der Waals surface area contributed by atoms with Crippen LogP contribution < -0.4 is 4.74 Å². The molecule has 1 saturated carbocycles. The van der Waals surface area contributed by atoms with Crippen molar-refractivity contribution in [3.05, 3.63) is 40.9 Å². The van der Waals surface area contributed by atoms with Crippen LogP contribution in [-0.2, 0) is 6.61 Å². The smallest absolute Gasteiger partial charge is 0.337 e. The molecular weight excluding hydrogens is 296 g/mol. The average Bonchev–Trinajstić information content (AvgIpc) is 2.95. The van der Waals surface area contributed by atoms with Gasteiger partial charge in [-0.3, -0.25) is 0 Å². The molecule has 0 unspecified atom stereocenters. The number of ether oxygens (including phenoxy) is 1. The number of nitrogens with zero attached hydrogens (tertiary/aromatic N) is 2. The number of aromatic nitrogens is 2. The van der Waals surface area contributed by atoms with Crippen molar-refractivity contribution in [3.63, 3.8) is 0 Å². The molecule has 3 rings (SSSR count). The lowest BCUT2D eigenvalue weighted by atomic mass is 9.85. The first kappa shape index (κ1) is 15.5. The fourth-order valence-corrected chi connectivity index (χ4v) is 3.02. The molecule has 1 N–H and O–H groups in total. The van der Waals surface area contributed by atoms with E-state index >= 15 is 0 Å². The molecule has 23 heavy (non-hydrogen) atoms. The topological polar surface area (TPSA) is 85.5 Å². The van der Waals surface area contributed by atoms with Gasteiger partial charge in [0.25, 0.3) is 0 Å². The fraction of sp³-hybridized carbons (Fsp3) is 0.471. The zero-order valence-electron chi connectivity index (χ0n) is 13.1. The van der Waals surface area contributed by atoms with Crippen molar-refractivity contribution in [2.75, 3.05) is 0 Å². The van der Waals surface area contributed by atoms with Gasteiger partial charge >= 0.3 is 5.97 Å². The minimum Gasteiger partial charge on any atom is -0.478 e. The van der Waals surface area contributed by atoms with Gasteiger partial charge in [0.2, 0.25) is 5.88 Å². The Kier molecular flexibility index (Phi) is 4.60. The number of hydrogen-bond donors (Lipinski definition) is 1. The van der Waals surface area contributed by atoms with E-state index in [2.05, 4.69) is 10.1 Å². The Hall–Kier alpha value is -2.37. The number of hydrogen-bond acceptors (Lipinski definition) is 5. The van der Waals surface area contributed by atoms with E-state index in [0.29, 0.717) is 18.4 Å². The van der Waals surface area contributed by atoms with E-state index in [1.165, 1.54) is 31.5 Å². The van der Waals surface area contributed by atoms with Gasteiger partial charge in [0.05, 0.1) is 16.8 Å². The van der Waals surface area contributed by atoms with Gasteiger partial charge < -0.3 is 14.4 Å². The van der Waals surface area contributed by atoms with Gasteiger partial charge in [-0.05, 0) is 25.8 Å². The van der Waals surface area contributed by atoms with E-state index in [4.69, 9.17) is 14.4 Å². The number of carboxylic acids is 1. The second-order valence-electron chi connectivity index (χ2n) is 5.92. The van der Waals surface area contributed by atoms with E-state index in [0.717, 1.165) is 29.9 Å². The summed E-state index contributed by atoms with van der Waals surface area (Å²) in [4.78, 5) is 14.8. The molecule has 6 nitrogen and oxygen atoms in total. The van der Waals surface area contributed by atoms with Gasteiger partial charge in [-0.2, -0.15) is 0 Å². The summed E-state index contributed by atoms with van der Waals surface area (Å²) in [5.41, 5.74) is 2.13. The van der Waals surface area contributed by atoms with Crippen molar-refractivity contribution in [2.45, 2.75) is 51.6 Å². The standard InChI is InChI=1S/C17H20N2O4/c1-11-14(16(19-23-11)12-5-3-2-4-6-12)10-22-15-8-7-13(9-18-15)17(20)21/h7-9,12H,2-6,10H2,1H3,(H,20,21). The Labute approximate surface area is 134 Å². The van der Waals surface area contributed by atoms with Gasteiger partial charge in [0.1, 0.15) is 12.4 Å². The number of pyridine rings is 1. The lowest BCUT2D eigenvalue weighted by Gasteiger charge is -2.20. The van der Waals surface area contributed by atoms with Crippen LogP contribution in [0.25, 0.3) is 0 Å². The van der Waals surface area contributed by atoms with Gasteiger partial charge in [-0.25, -0.2) is 9.78 Å². The molecule has 2 aromatic heterocycles. The molecule has 2 aromatic rings. The zero-order chi connectivity index (χ0) is 16.2. The third-order valence-corrected chi connectivity index (χ3v) is 4.35. The van der Waals surface area contributed by atoms with Crippen molar-refractivity contribution >= 4 is 5.97 Å². The van der Waals surface area contributed by atoms with Crippen LogP contribution in [0, 0.1) is 6.92 Å². The van der Waals surface area contributed by atoms with Crippen molar-refractivity contribution in [1.29, 1.82) is 0 Å². The summed E-state index contributed by atoms with van der Waals surface area (Å²) >= 11 is 0. The number of aromatic carboxylic acids is 1. The molecule has 122 valence electrons. The maximum Gasteiger partial charge on any atom is 0.337 e. The third kappa shape index (κ3) is 3.52. The molecule has 0 aliphatic heterocycles. The predicted octanol–water partition coefficient (Wildman–Crippen LogP) is 3.70. The summed E-state index contributed by atoms with van der Waals surface area (Å²) in [6, 6.07) is 3.04. The van der Waals surface area contributed by atoms with Gasteiger partial charge in [-0.15, -0.1) is 0 Å². The molecule has 0 saturated heterocycles. The maximum atomic E-state index is 10.8. The average molecular weight is 316 g/mol. The zero-order valence-corrected chi connectivity index (χ0v) is 13.1. The molecule has 0 radical (unpaired) electrons. The molecule has 1 aliphatic carbocycles. The predicted molar refractivity (Wildman–Crippen MR) is 82.6 cm³/mol. The lowest BCUT2D eigenvalue weighted by molar-refractivity contribution is 0.0696. The van der Waals surface area contributed by atoms with Crippen LogP contribution in [0.1, 0.15) is 65.4 Å². The quantitative estimate of drug-likeness (QED) is 0.905. The highest BCUT2D eigenvalue weighted by Gasteiger charge is 2.24. The first-order valence-corrected chi connectivity index (χ1v) is 7.92. The van der Waals surface area contributed by atoms with Crippen molar-refractivity contribution in [2.24, 2.45) is 0 Å². The molecule has 6 heteroatoms. The first-order valence-electron chi connectivity index (χ1n) is 7.92. The van der Waals surface area contributed by atoms with E-state index in [1.807, 2.05) is 6.92 Å². The van der Waals surface area contributed by atoms with Crippen LogP contribution in [0.2, 0.25) is 0 Å².